The molecular formula is C27H35NO4. The third kappa shape index (κ3) is 7.49. The molecule has 0 aromatic heterocycles. The maximum Gasteiger partial charge on any atom is 0.306 e. The molecule has 1 aliphatic heterocycles. The fourth-order valence-corrected chi connectivity index (χ4v) is 4.28. The zero-order chi connectivity index (χ0) is 22.8. The lowest BCUT2D eigenvalue weighted by Crippen LogP contribution is -2.37. The molecule has 1 aliphatic rings. The summed E-state index contributed by atoms with van der Waals surface area (Å²) in [5.74, 6) is 0.0135. The maximum atomic E-state index is 12.7. The largest absolute Gasteiger partial charge is 0.494 e. The third-order valence-corrected chi connectivity index (χ3v) is 6.31. The normalized spacial score (nSPS) is 14.9. The van der Waals surface area contributed by atoms with Gasteiger partial charge < -0.3 is 14.7 Å². The molecule has 1 saturated heterocycles. The summed E-state index contributed by atoms with van der Waals surface area (Å²) in [6.45, 7) is 4.83. The first kappa shape index (κ1) is 24.0. The van der Waals surface area contributed by atoms with Crippen molar-refractivity contribution in [2.75, 3.05) is 26.2 Å². The number of carboxylic acids is 1. The smallest absolute Gasteiger partial charge is 0.306 e. The van der Waals surface area contributed by atoms with Crippen molar-refractivity contribution < 1.29 is 19.4 Å². The SMILES string of the molecule is Cc1cc(OCCCCCc2ccccc2)ccc1C(=O)CCN1CCC(C(=O)O)CC1. The number of aliphatic carboxylic acids is 1. The molecule has 3 rings (SSSR count). The molecule has 1 N–H and O–H groups in total. The molecule has 32 heavy (non-hydrogen) atoms. The number of ketones is 1. The van der Waals surface area contributed by atoms with Gasteiger partial charge in [0.1, 0.15) is 5.75 Å². The second kappa shape index (κ2) is 12.4. The monoisotopic (exact) mass is 437 g/mol. The Morgan fingerprint density at radius 2 is 1.78 bits per heavy atom. The van der Waals surface area contributed by atoms with Crippen LogP contribution in [-0.4, -0.2) is 48.0 Å². The van der Waals surface area contributed by atoms with E-state index in [2.05, 4.69) is 29.2 Å². The van der Waals surface area contributed by atoms with Crippen LogP contribution in [0.1, 0.15) is 60.0 Å². The van der Waals surface area contributed by atoms with E-state index in [0.29, 0.717) is 32.4 Å². The van der Waals surface area contributed by atoms with Gasteiger partial charge in [-0.2, -0.15) is 0 Å². The Hall–Kier alpha value is -2.66. The summed E-state index contributed by atoms with van der Waals surface area (Å²) in [7, 11) is 0. The maximum absolute atomic E-state index is 12.7. The van der Waals surface area contributed by atoms with E-state index >= 15 is 0 Å². The van der Waals surface area contributed by atoms with Crippen molar-refractivity contribution in [1.82, 2.24) is 4.90 Å². The van der Waals surface area contributed by atoms with Crippen LogP contribution in [0, 0.1) is 12.8 Å². The minimum Gasteiger partial charge on any atom is -0.494 e. The molecule has 2 aromatic rings. The summed E-state index contributed by atoms with van der Waals surface area (Å²) >= 11 is 0. The average molecular weight is 438 g/mol. The van der Waals surface area contributed by atoms with Crippen LogP contribution in [0.15, 0.2) is 48.5 Å². The second-order valence-electron chi connectivity index (χ2n) is 8.75. The molecule has 0 bridgehead atoms. The number of rotatable bonds is 12. The molecule has 2 aromatic carbocycles. The van der Waals surface area contributed by atoms with Crippen LogP contribution in [0.4, 0.5) is 0 Å². The fraction of sp³-hybridized carbons (Fsp3) is 0.481. The zero-order valence-corrected chi connectivity index (χ0v) is 19.1. The first-order valence-electron chi connectivity index (χ1n) is 11.8. The first-order valence-corrected chi connectivity index (χ1v) is 11.8. The fourth-order valence-electron chi connectivity index (χ4n) is 4.28. The van der Waals surface area contributed by atoms with E-state index < -0.39 is 5.97 Å². The highest BCUT2D eigenvalue weighted by atomic mass is 16.5. The van der Waals surface area contributed by atoms with Gasteiger partial charge in [-0.25, -0.2) is 0 Å². The van der Waals surface area contributed by atoms with Crippen molar-refractivity contribution in [1.29, 1.82) is 0 Å². The molecule has 0 amide bonds. The van der Waals surface area contributed by atoms with Crippen LogP contribution < -0.4 is 4.74 Å². The van der Waals surface area contributed by atoms with E-state index in [9.17, 15) is 9.59 Å². The lowest BCUT2D eigenvalue weighted by Gasteiger charge is -2.29. The van der Waals surface area contributed by atoms with Gasteiger partial charge in [0.2, 0.25) is 0 Å². The number of unbranched alkanes of at least 4 members (excludes halogenated alkanes) is 2. The molecule has 0 unspecified atom stereocenters. The van der Waals surface area contributed by atoms with E-state index in [0.717, 1.165) is 55.6 Å². The van der Waals surface area contributed by atoms with Crippen molar-refractivity contribution in [3.05, 3.63) is 65.2 Å². The number of carboxylic acid groups (broad SMARTS) is 1. The van der Waals surface area contributed by atoms with Gasteiger partial charge in [-0.05, 0) is 87.9 Å². The number of carbonyl (C=O) groups excluding carboxylic acids is 1. The molecule has 0 spiro atoms. The summed E-state index contributed by atoms with van der Waals surface area (Å²) in [4.78, 5) is 25.9. The lowest BCUT2D eigenvalue weighted by atomic mass is 9.96. The van der Waals surface area contributed by atoms with Crippen LogP contribution in [0.2, 0.25) is 0 Å². The van der Waals surface area contributed by atoms with Gasteiger partial charge in [0.05, 0.1) is 12.5 Å². The number of aryl methyl sites for hydroxylation is 2. The third-order valence-electron chi connectivity index (χ3n) is 6.31. The molecule has 1 fully saturated rings. The lowest BCUT2D eigenvalue weighted by molar-refractivity contribution is -0.143. The number of Topliss-reactive ketones (excluding diaryl/α,β-unsaturated/α-hetero) is 1. The summed E-state index contributed by atoms with van der Waals surface area (Å²) < 4.78 is 5.89. The minimum atomic E-state index is -0.703. The molecule has 0 radical (unpaired) electrons. The van der Waals surface area contributed by atoms with Crippen LogP contribution in [0.5, 0.6) is 5.75 Å². The van der Waals surface area contributed by atoms with E-state index in [-0.39, 0.29) is 11.7 Å². The summed E-state index contributed by atoms with van der Waals surface area (Å²) in [5, 5.41) is 9.10. The second-order valence-corrected chi connectivity index (χ2v) is 8.75. The summed E-state index contributed by atoms with van der Waals surface area (Å²) in [6, 6.07) is 16.3. The number of benzene rings is 2. The minimum absolute atomic E-state index is 0.135. The number of piperidine rings is 1. The van der Waals surface area contributed by atoms with Crippen molar-refractivity contribution in [2.24, 2.45) is 5.92 Å². The number of hydrogen-bond donors (Lipinski definition) is 1. The Labute approximate surface area is 191 Å². The Morgan fingerprint density at radius 3 is 2.47 bits per heavy atom. The van der Waals surface area contributed by atoms with E-state index in [1.54, 1.807) is 0 Å². The highest BCUT2D eigenvalue weighted by Crippen LogP contribution is 2.21. The number of carbonyl (C=O) groups is 2. The highest BCUT2D eigenvalue weighted by molar-refractivity contribution is 5.97. The predicted molar refractivity (Wildman–Crippen MR) is 126 cm³/mol. The number of nitrogens with zero attached hydrogens (tertiary/aromatic N) is 1. The van der Waals surface area contributed by atoms with Gasteiger partial charge in [0, 0.05) is 18.5 Å². The Balaban J connectivity index is 1.35. The first-order chi connectivity index (χ1) is 15.5. The molecule has 0 saturated carbocycles. The van der Waals surface area contributed by atoms with Gasteiger partial charge in [0.25, 0.3) is 0 Å². The van der Waals surface area contributed by atoms with Gasteiger partial charge in [-0.3, -0.25) is 9.59 Å². The summed E-state index contributed by atoms with van der Waals surface area (Å²) in [6.07, 6.45) is 6.21. The van der Waals surface area contributed by atoms with Crippen molar-refractivity contribution >= 4 is 11.8 Å². The molecule has 1 heterocycles. The van der Waals surface area contributed by atoms with Crippen molar-refractivity contribution in [2.45, 2.75) is 51.9 Å². The summed E-state index contributed by atoms with van der Waals surface area (Å²) in [5.41, 5.74) is 3.08. The van der Waals surface area contributed by atoms with E-state index in [1.165, 1.54) is 5.56 Å². The molecule has 5 nitrogen and oxygen atoms in total. The van der Waals surface area contributed by atoms with Gasteiger partial charge >= 0.3 is 5.97 Å². The molecule has 0 aliphatic carbocycles. The number of ether oxygens (including phenoxy) is 1. The van der Waals surface area contributed by atoms with E-state index in [1.807, 2.05) is 31.2 Å². The average Bonchev–Trinajstić information content (AvgIpc) is 2.80. The molecule has 5 heteroatoms. The predicted octanol–water partition coefficient (Wildman–Crippen LogP) is 5.16. The Bertz CT molecular complexity index is 872. The van der Waals surface area contributed by atoms with Crippen LogP contribution in [-0.2, 0) is 11.2 Å². The Kier molecular flexibility index (Phi) is 9.29. The molecular weight excluding hydrogens is 402 g/mol. The van der Waals surface area contributed by atoms with E-state index in [4.69, 9.17) is 9.84 Å². The van der Waals surface area contributed by atoms with Crippen molar-refractivity contribution in [3.8, 4) is 5.75 Å². The van der Waals surface area contributed by atoms with Crippen LogP contribution in [0.25, 0.3) is 0 Å². The highest BCUT2D eigenvalue weighted by Gasteiger charge is 2.24. The van der Waals surface area contributed by atoms with Crippen LogP contribution in [0.3, 0.4) is 0 Å². The van der Waals surface area contributed by atoms with Crippen LogP contribution >= 0.6 is 0 Å². The van der Waals surface area contributed by atoms with Gasteiger partial charge in [0.15, 0.2) is 5.78 Å². The zero-order valence-electron chi connectivity index (χ0n) is 19.1. The number of hydrogen-bond acceptors (Lipinski definition) is 4. The van der Waals surface area contributed by atoms with Gasteiger partial charge in [-0.1, -0.05) is 30.3 Å². The number of likely N-dealkylation sites (tertiary alicyclic amines) is 1. The standard InChI is InChI=1S/C27H35NO4/c1-21-20-24(32-19-7-3-6-10-22-8-4-2-5-9-22)11-12-25(21)26(29)15-18-28-16-13-23(14-17-28)27(30)31/h2,4-5,8-9,11-12,20,23H,3,6-7,10,13-19H2,1H3,(H,30,31). The molecule has 172 valence electrons. The Morgan fingerprint density at radius 1 is 1.03 bits per heavy atom. The topological polar surface area (TPSA) is 66.8 Å². The van der Waals surface area contributed by atoms with Gasteiger partial charge in [-0.15, -0.1) is 0 Å². The quantitative estimate of drug-likeness (QED) is 0.367. The molecule has 0 atom stereocenters. The van der Waals surface area contributed by atoms with Crippen molar-refractivity contribution in [3.63, 3.8) is 0 Å².